The number of aromatic amines is 1. The van der Waals surface area contributed by atoms with Gasteiger partial charge in [-0.3, -0.25) is 23.9 Å². The number of carbonyl (C=O) groups excluding carboxylic acids is 2. The molecule has 0 radical (unpaired) electrons. The third kappa shape index (κ3) is 7.03. The third-order valence-corrected chi connectivity index (χ3v) is 6.73. The van der Waals surface area contributed by atoms with Crippen LogP contribution in [0.15, 0.2) is 35.3 Å². The van der Waals surface area contributed by atoms with Crippen LogP contribution in [0.4, 0.5) is 14.9 Å². The number of aromatic nitrogens is 4. The molecule has 0 bridgehead atoms. The average molecular weight is 574 g/mol. The molecule has 3 aromatic heterocycles. The fourth-order valence-corrected chi connectivity index (χ4v) is 4.27. The number of anilines is 1. The Hall–Kier alpha value is -4.26. The van der Waals surface area contributed by atoms with Crippen LogP contribution >= 0.6 is 11.6 Å². The average Bonchev–Trinajstić information content (AvgIpc) is 3.61. The first-order valence-electron chi connectivity index (χ1n) is 12.6. The van der Waals surface area contributed by atoms with Gasteiger partial charge in [0, 0.05) is 14.1 Å². The molecule has 0 spiro atoms. The van der Waals surface area contributed by atoms with E-state index in [1.807, 2.05) is 0 Å². The van der Waals surface area contributed by atoms with E-state index in [0.717, 1.165) is 23.6 Å². The molecule has 4 N–H and O–H groups in total. The molecule has 3 aromatic rings. The van der Waals surface area contributed by atoms with Gasteiger partial charge < -0.3 is 25.6 Å². The summed E-state index contributed by atoms with van der Waals surface area (Å²) < 4.78 is 15.6. The Kier molecular flexibility index (Phi) is 8.83. The predicted octanol–water partition coefficient (Wildman–Crippen LogP) is 2.91. The minimum Gasteiger partial charge on any atom is -0.465 e. The molecule has 14 heteroatoms. The second-order valence-electron chi connectivity index (χ2n) is 9.77. The Morgan fingerprint density at radius 3 is 2.75 bits per heavy atom. The molecule has 0 aromatic carbocycles. The summed E-state index contributed by atoms with van der Waals surface area (Å²) >= 11 is 6.28. The number of nitrogens with zero attached hydrogens (tertiary/aromatic N) is 4. The van der Waals surface area contributed by atoms with E-state index in [1.54, 1.807) is 14.1 Å². The molecule has 0 saturated heterocycles. The van der Waals surface area contributed by atoms with Gasteiger partial charge in [-0.1, -0.05) is 17.7 Å². The van der Waals surface area contributed by atoms with Crippen LogP contribution in [-0.4, -0.2) is 67.6 Å². The first kappa shape index (κ1) is 28.7. The molecule has 12 nitrogen and oxygen atoms in total. The van der Waals surface area contributed by atoms with Crippen LogP contribution in [0.5, 0.6) is 0 Å². The van der Waals surface area contributed by atoms with E-state index < -0.39 is 29.4 Å². The van der Waals surface area contributed by atoms with Crippen LogP contribution in [0.1, 0.15) is 37.2 Å². The lowest BCUT2D eigenvalue weighted by molar-refractivity contribution is -0.123. The van der Waals surface area contributed by atoms with E-state index in [2.05, 4.69) is 25.6 Å². The Bertz CT molecular complexity index is 1530. The number of H-pyrrole nitrogens is 1. The van der Waals surface area contributed by atoms with Crippen molar-refractivity contribution < 1.29 is 23.9 Å². The van der Waals surface area contributed by atoms with Crippen LogP contribution in [0, 0.1) is 11.7 Å². The first-order chi connectivity index (χ1) is 19.0. The monoisotopic (exact) mass is 573 g/mol. The molecule has 40 heavy (non-hydrogen) atoms. The Morgan fingerprint density at radius 2 is 2.08 bits per heavy atom. The Morgan fingerprint density at radius 1 is 1.32 bits per heavy atom. The van der Waals surface area contributed by atoms with Crippen molar-refractivity contribution in [1.29, 1.82) is 0 Å². The number of imidazole rings is 1. The highest BCUT2D eigenvalue weighted by molar-refractivity contribution is 6.29. The summed E-state index contributed by atoms with van der Waals surface area (Å²) in [5, 5.41) is 13.8. The molecule has 1 aliphatic rings. The van der Waals surface area contributed by atoms with Crippen molar-refractivity contribution in [3.05, 3.63) is 63.3 Å². The summed E-state index contributed by atoms with van der Waals surface area (Å²) in [6.07, 6.45) is 5.73. The largest absolute Gasteiger partial charge is 0.465 e. The molecule has 1 atom stereocenters. The van der Waals surface area contributed by atoms with Crippen LogP contribution in [0.3, 0.4) is 0 Å². The molecule has 3 amide bonds. The SMILES string of the molecule is CN(C)C(=O)/C=C/CC[C@H](NC(=O)O)C(=O)Nc1ccc(Cl)n(Cc2nc3c(F)cnc(CC4CC4)c3[nH]2)c1=O. The van der Waals surface area contributed by atoms with E-state index in [9.17, 15) is 28.7 Å². The lowest BCUT2D eigenvalue weighted by Crippen LogP contribution is -2.44. The zero-order valence-electron chi connectivity index (χ0n) is 21.9. The maximum absolute atomic E-state index is 14.4. The summed E-state index contributed by atoms with van der Waals surface area (Å²) in [6, 6.07) is 1.51. The standard InChI is InChI=1S/C26H29ClFN7O5/c1-34(2)21(36)6-4-3-5-16(31-26(39)40)24(37)30-17-9-10-19(27)35(25(17)38)13-20-32-22-15(28)12-29-18(23(22)33-20)11-14-7-8-14/h4,6,9-10,12,14,16,31H,3,5,7-8,11,13H2,1-2H3,(H,30,37)(H,32,33)(H,39,40)/b6-4+/t16-/m0/s1. The summed E-state index contributed by atoms with van der Waals surface area (Å²) in [5.74, 6) is -0.814. The van der Waals surface area contributed by atoms with Gasteiger partial charge in [0.1, 0.15) is 28.2 Å². The number of pyridine rings is 2. The van der Waals surface area contributed by atoms with Crippen molar-refractivity contribution in [2.45, 2.75) is 44.7 Å². The number of hydrogen-bond acceptors (Lipinski definition) is 6. The number of carbonyl (C=O) groups is 3. The normalized spacial score (nSPS) is 13.9. The Labute approximate surface area is 233 Å². The van der Waals surface area contributed by atoms with E-state index in [4.69, 9.17) is 11.6 Å². The highest BCUT2D eigenvalue weighted by Crippen LogP contribution is 2.33. The number of halogens is 2. The maximum atomic E-state index is 14.4. The molecular weight excluding hydrogens is 545 g/mol. The highest BCUT2D eigenvalue weighted by Gasteiger charge is 2.25. The lowest BCUT2D eigenvalue weighted by atomic mass is 10.1. The predicted molar refractivity (Wildman–Crippen MR) is 146 cm³/mol. The van der Waals surface area contributed by atoms with Gasteiger partial charge in [0.25, 0.3) is 5.56 Å². The molecule has 4 rings (SSSR count). The van der Waals surface area contributed by atoms with Crippen molar-refractivity contribution in [2.75, 3.05) is 19.4 Å². The number of hydrogen-bond donors (Lipinski definition) is 4. The molecule has 1 aliphatic carbocycles. The van der Waals surface area contributed by atoms with Gasteiger partial charge in [0.2, 0.25) is 11.8 Å². The first-order valence-corrected chi connectivity index (χ1v) is 13.0. The number of rotatable bonds is 11. The van der Waals surface area contributed by atoms with Gasteiger partial charge in [-0.25, -0.2) is 14.2 Å². The molecule has 0 unspecified atom stereocenters. The van der Waals surface area contributed by atoms with Crippen molar-refractivity contribution in [3.63, 3.8) is 0 Å². The fraction of sp³-hybridized carbons (Fsp3) is 0.385. The van der Waals surface area contributed by atoms with E-state index >= 15 is 0 Å². The van der Waals surface area contributed by atoms with Gasteiger partial charge in [0.05, 0.1) is 24.0 Å². The number of amides is 3. The molecule has 212 valence electrons. The van der Waals surface area contributed by atoms with Gasteiger partial charge in [-0.2, -0.15) is 0 Å². The minimum absolute atomic E-state index is 0.0406. The van der Waals surface area contributed by atoms with Crippen molar-refractivity contribution >= 4 is 46.2 Å². The van der Waals surface area contributed by atoms with Gasteiger partial charge in [-0.15, -0.1) is 0 Å². The van der Waals surface area contributed by atoms with E-state index in [1.165, 1.54) is 29.2 Å². The third-order valence-electron chi connectivity index (χ3n) is 6.40. The van der Waals surface area contributed by atoms with Crippen LogP contribution in [0.2, 0.25) is 5.15 Å². The van der Waals surface area contributed by atoms with Crippen LogP contribution < -0.4 is 16.2 Å². The summed E-state index contributed by atoms with van der Waals surface area (Å²) in [7, 11) is 3.17. The van der Waals surface area contributed by atoms with E-state index in [0.29, 0.717) is 23.5 Å². The van der Waals surface area contributed by atoms with Gasteiger partial charge in [0.15, 0.2) is 5.82 Å². The fourth-order valence-electron chi connectivity index (χ4n) is 4.07. The smallest absolute Gasteiger partial charge is 0.405 e. The van der Waals surface area contributed by atoms with Gasteiger partial charge >= 0.3 is 6.09 Å². The van der Waals surface area contributed by atoms with Crippen LogP contribution in [0.25, 0.3) is 11.0 Å². The molecule has 1 fully saturated rings. The maximum Gasteiger partial charge on any atom is 0.405 e. The topological polar surface area (TPSA) is 162 Å². The lowest BCUT2D eigenvalue weighted by Gasteiger charge is -2.17. The number of allylic oxidation sites excluding steroid dienone is 1. The van der Waals surface area contributed by atoms with Gasteiger partial charge in [-0.05, 0) is 56.2 Å². The molecule has 1 saturated carbocycles. The number of likely N-dealkylation sites (N-methyl/N-ethyl adjacent to an activating group) is 1. The van der Waals surface area contributed by atoms with Crippen LogP contribution in [-0.2, 0) is 22.6 Å². The summed E-state index contributed by atoms with van der Waals surface area (Å²) in [4.78, 5) is 62.0. The zero-order valence-corrected chi connectivity index (χ0v) is 22.7. The van der Waals surface area contributed by atoms with E-state index in [-0.39, 0.29) is 47.5 Å². The molecule has 3 heterocycles. The summed E-state index contributed by atoms with van der Waals surface area (Å²) in [5.41, 5.74) is 0.500. The second kappa shape index (κ2) is 12.3. The number of fused-ring (bicyclic) bond motifs is 1. The number of carboxylic acid groups (broad SMARTS) is 1. The summed E-state index contributed by atoms with van der Waals surface area (Å²) in [6.45, 7) is -0.139. The van der Waals surface area contributed by atoms with Crippen molar-refractivity contribution in [2.24, 2.45) is 5.92 Å². The minimum atomic E-state index is -1.42. The zero-order chi connectivity index (χ0) is 29.0. The second-order valence-corrected chi connectivity index (χ2v) is 10.2. The molecule has 0 aliphatic heterocycles. The number of nitrogens with one attached hydrogen (secondary N) is 3. The van der Waals surface area contributed by atoms with Crippen molar-refractivity contribution in [3.8, 4) is 0 Å². The quantitative estimate of drug-likeness (QED) is 0.202. The highest BCUT2D eigenvalue weighted by atomic mass is 35.5. The Balaban J connectivity index is 1.52. The molecular formula is C26H29ClFN7O5. The van der Waals surface area contributed by atoms with Crippen molar-refractivity contribution in [1.82, 2.24) is 29.7 Å².